The summed E-state index contributed by atoms with van der Waals surface area (Å²) < 4.78 is 8.26. The molecule has 0 saturated carbocycles. The largest absolute Gasteiger partial charge is 0.496 e. The van der Waals surface area contributed by atoms with Gasteiger partial charge in [-0.3, -0.25) is 9.36 Å². The lowest BCUT2D eigenvalue weighted by Crippen LogP contribution is -2.05. The number of halogens is 1. The monoisotopic (exact) mass is 479 g/mol. The van der Waals surface area contributed by atoms with Crippen LogP contribution >= 0.6 is 27.7 Å². The van der Waals surface area contributed by atoms with Gasteiger partial charge in [0.05, 0.1) is 18.4 Å². The Morgan fingerprint density at radius 3 is 2.43 bits per heavy atom. The molecular weight excluding hydrogens is 462 g/mol. The molecule has 4 rings (SSSR count). The SMILES string of the molecule is COc1ccccc1-c1nnc(SCC(=O)c2ccccc2Br)n1-c1ccccc1. The summed E-state index contributed by atoms with van der Waals surface area (Å²) in [6, 6.07) is 25.0. The van der Waals surface area contributed by atoms with Gasteiger partial charge < -0.3 is 4.74 Å². The zero-order chi connectivity index (χ0) is 20.9. The highest BCUT2D eigenvalue weighted by Crippen LogP contribution is 2.33. The van der Waals surface area contributed by atoms with Crippen molar-refractivity contribution in [2.45, 2.75) is 5.16 Å². The number of ether oxygens (including phenoxy) is 1. The van der Waals surface area contributed by atoms with Crippen molar-refractivity contribution in [1.29, 1.82) is 0 Å². The lowest BCUT2D eigenvalue weighted by Gasteiger charge is -2.12. The fourth-order valence-corrected chi connectivity index (χ4v) is 4.41. The van der Waals surface area contributed by atoms with Crippen LogP contribution < -0.4 is 4.74 Å². The topological polar surface area (TPSA) is 57.0 Å². The number of hydrogen-bond donors (Lipinski definition) is 0. The number of nitrogens with zero attached hydrogens (tertiary/aromatic N) is 3. The van der Waals surface area contributed by atoms with E-state index in [0.29, 0.717) is 22.3 Å². The molecule has 7 heteroatoms. The minimum absolute atomic E-state index is 0.0222. The maximum absolute atomic E-state index is 12.7. The first kappa shape index (κ1) is 20.4. The number of aromatic nitrogens is 3. The average molecular weight is 480 g/mol. The standard InChI is InChI=1S/C23H18BrN3O2S/c1-29-21-14-8-6-12-18(21)22-25-26-23(27(22)16-9-3-2-4-10-16)30-15-20(28)17-11-5-7-13-19(17)24/h2-14H,15H2,1H3. The highest BCUT2D eigenvalue weighted by Gasteiger charge is 2.20. The van der Waals surface area contributed by atoms with Gasteiger partial charge in [0.25, 0.3) is 0 Å². The number of para-hydroxylation sites is 2. The van der Waals surface area contributed by atoms with Crippen molar-refractivity contribution in [1.82, 2.24) is 14.8 Å². The Morgan fingerprint density at radius 2 is 1.67 bits per heavy atom. The van der Waals surface area contributed by atoms with E-state index < -0.39 is 0 Å². The fraction of sp³-hybridized carbons (Fsp3) is 0.0870. The van der Waals surface area contributed by atoms with Crippen LogP contribution in [0, 0.1) is 0 Å². The molecule has 0 saturated heterocycles. The van der Waals surface area contributed by atoms with Crippen molar-refractivity contribution in [3.05, 3.63) is 88.9 Å². The van der Waals surface area contributed by atoms with Gasteiger partial charge in [0.2, 0.25) is 0 Å². The van der Waals surface area contributed by atoms with Crippen LogP contribution in [0.3, 0.4) is 0 Å². The molecule has 0 unspecified atom stereocenters. The minimum Gasteiger partial charge on any atom is -0.496 e. The molecule has 0 aliphatic heterocycles. The van der Waals surface area contributed by atoms with E-state index in [0.717, 1.165) is 15.7 Å². The second-order valence-corrected chi connectivity index (χ2v) is 8.17. The number of carbonyl (C=O) groups is 1. The molecule has 0 aliphatic rings. The maximum Gasteiger partial charge on any atom is 0.196 e. The maximum atomic E-state index is 12.7. The quantitative estimate of drug-likeness (QED) is 0.252. The van der Waals surface area contributed by atoms with E-state index in [1.54, 1.807) is 7.11 Å². The number of thioether (sulfide) groups is 1. The van der Waals surface area contributed by atoms with Crippen LogP contribution in [0.5, 0.6) is 5.75 Å². The zero-order valence-corrected chi connectivity index (χ0v) is 18.6. The van der Waals surface area contributed by atoms with Gasteiger partial charge in [-0.1, -0.05) is 76.2 Å². The summed E-state index contributed by atoms with van der Waals surface area (Å²) in [6.07, 6.45) is 0. The molecule has 0 fully saturated rings. The van der Waals surface area contributed by atoms with Crippen LogP contribution in [0.1, 0.15) is 10.4 Å². The Hall–Kier alpha value is -2.90. The Labute approximate surface area is 187 Å². The van der Waals surface area contributed by atoms with Crippen LogP contribution in [-0.2, 0) is 0 Å². The predicted molar refractivity (Wildman–Crippen MR) is 123 cm³/mol. The summed E-state index contributed by atoms with van der Waals surface area (Å²) in [6.45, 7) is 0. The first-order chi connectivity index (χ1) is 14.7. The number of hydrogen-bond acceptors (Lipinski definition) is 5. The molecule has 5 nitrogen and oxygen atoms in total. The molecule has 150 valence electrons. The lowest BCUT2D eigenvalue weighted by atomic mass is 10.1. The first-order valence-electron chi connectivity index (χ1n) is 9.24. The number of carbonyl (C=O) groups excluding carboxylic acids is 1. The number of Topliss-reactive ketones (excluding diaryl/α,β-unsaturated/α-hetero) is 1. The molecule has 0 aliphatic carbocycles. The molecule has 0 atom stereocenters. The third-order valence-corrected chi connectivity index (χ3v) is 6.12. The number of rotatable bonds is 7. The molecule has 0 bridgehead atoms. The van der Waals surface area contributed by atoms with Gasteiger partial charge in [-0.2, -0.15) is 0 Å². The van der Waals surface area contributed by atoms with Crippen molar-refractivity contribution in [3.8, 4) is 22.8 Å². The third kappa shape index (κ3) is 4.17. The van der Waals surface area contributed by atoms with Crippen molar-refractivity contribution in [2.75, 3.05) is 12.9 Å². The van der Waals surface area contributed by atoms with Gasteiger partial charge in [-0.05, 0) is 30.3 Å². The minimum atomic E-state index is 0.0222. The van der Waals surface area contributed by atoms with Crippen molar-refractivity contribution in [3.63, 3.8) is 0 Å². The molecular formula is C23H18BrN3O2S. The lowest BCUT2D eigenvalue weighted by molar-refractivity contribution is 0.102. The van der Waals surface area contributed by atoms with Crippen LogP contribution in [0.2, 0.25) is 0 Å². The summed E-state index contributed by atoms with van der Waals surface area (Å²) in [7, 11) is 1.63. The number of methoxy groups -OCH3 is 1. The smallest absolute Gasteiger partial charge is 0.196 e. The number of benzene rings is 3. The Kier molecular flexibility index (Phi) is 6.30. The molecule has 3 aromatic carbocycles. The van der Waals surface area contributed by atoms with E-state index in [2.05, 4.69) is 26.1 Å². The van der Waals surface area contributed by atoms with Crippen LogP contribution in [-0.4, -0.2) is 33.4 Å². The van der Waals surface area contributed by atoms with E-state index in [4.69, 9.17) is 4.74 Å². The summed E-state index contributed by atoms with van der Waals surface area (Å²) in [5.41, 5.74) is 2.40. The predicted octanol–water partition coefficient (Wildman–Crippen LogP) is 5.68. The van der Waals surface area contributed by atoms with Gasteiger partial charge in [-0.25, -0.2) is 0 Å². The molecule has 30 heavy (non-hydrogen) atoms. The van der Waals surface area contributed by atoms with Gasteiger partial charge in [-0.15, -0.1) is 10.2 Å². The van der Waals surface area contributed by atoms with E-state index in [1.165, 1.54) is 11.8 Å². The van der Waals surface area contributed by atoms with E-state index >= 15 is 0 Å². The molecule has 1 aromatic heterocycles. The highest BCUT2D eigenvalue weighted by molar-refractivity contribution is 9.10. The van der Waals surface area contributed by atoms with Crippen LogP contribution in [0.15, 0.2) is 88.5 Å². The molecule has 1 heterocycles. The van der Waals surface area contributed by atoms with Gasteiger partial charge in [0, 0.05) is 15.7 Å². The summed E-state index contributed by atoms with van der Waals surface area (Å²) in [5, 5.41) is 9.46. The van der Waals surface area contributed by atoms with E-state index in [9.17, 15) is 4.79 Å². The Morgan fingerprint density at radius 1 is 0.967 bits per heavy atom. The third-order valence-electron chi connectivity index (χ3n) is 4.50. The normalized spacial score (nSPS) is 10.7. The molecule has 4 aromatic rings. The van der Waals surface area contributed by atoms with Crippen LogP contribution in [0.4, 0.5) is 0 Å². The summed E-state index contributed by atoms with van der Waals surface area (Å²) in [4.78, 5) is 12.7. The van der Waals surface area contributed by atoms with E-state index in [1.807, 2.05) is 83.4 Å². The molecule has 0 amide bonds. The van der Waals surface area contributed by atoms with Gasteiger partial charge in [0.1, 0.15) is 5.75 Å². The fourth-order valence-electron chi connectivity index (χ4n) is 3.07. The van der Waals surface area contributed by atoms with E-state index in [-0.39, 0.29) is 11.5 Å². The van der Waals surface area contributed by atoms with Gasteiger partial charge in [0.15, 0.2) is 16.8 Å². The van der Waals surface area contributed by atoms with Crippen molar-refractivity contribution >= 4 is 33.5 Å². The van der Waals surface area contributed by atoms with Gasteiger partial charge >= 0.3 is 0 Å². The first-order valence-corrected chi connectivity index (χ1v) is 11.0. The highest BCUT2D eigenvalue weighted by atomic mass is 79.9. The summed E-state index contributed by atoms with van der Waals surface area (Å²) in [5.74, 6) is 1.64. The molecule has 0 spiro atoms. The Bertz CT molecular complexity index is 1180. The van der Waals surface area contributed by atoms with Crippen molar-refractivity contribution in [2.24, 2.45) is 0 Å². The second-order valence-electron chi connectivity index (χ2n) is 6.37. The molecule has 0 radical (unpaired) electrons. The van der Waals surface area contributed by atoms with Crippen LogP contribution in [0.25, 0.3) is 17.1 Å². The average Bonchev–Trinajstić information content (AvgIpc) is 3.22. The van der Waals surface area contributed by atoms with Crippen molar-refractivity contribution < 1.29 is 9.53 Å². The summed E-state index contributed by atoms with van der Waals surface area (Å²) >= 11 is 4.81. The zero-order valence-electron chi connectivity index (χ0n) is 16.2. The Balaban J connectivity index is 1.71. The molecule has 0 N–H and O–H groups in total. The second kappa shape index (κ2) is 9.28. The number of ketones is 1.